The molecule has 0 spiro atoms. The molecule has 0 saturated carbocycles. The largest absolute Gasteiger partial charge is 0.497 e. The highest BCUT2D eigenvalue weighted by atomic mass is 35.5. The number of carbonyl (C=O) groups is 1. The third kappa shape index (κ3) is 2.11. The summed E-state index contributed by atoms with van der Waals surface area (Å²) >= 11 is 4.93. The van der Waals surface area contributed by atoms with Gasteiger partial charge in [-0.1, -0.05) is 0 Å². The smallest absolute Gasteiger partial charge is 0.409 e. The summed E-state index contributed by atoms with van der Waals surface area (Å²) in [6.07, 6.45) is 4.57. The summed E-state index contributed by atoms with van der Waals surface area (Å²) in [5.41, 5.74) is -0.835. The molecule has 0 fully saturated rings. The van der Waals surface area contributed by atoms with E-state index in [4.69, 9.17) is 16.3 Å². The summed E-state index contributed by atoms with van der Waals surface area (Å²) in [6, 6.07) is 0. The number of ether oxygens (including phenoxy) is 2. The molecule has 0 amide bonds. The van der Waals surface area contributed by atoms with Crippen molar-refractivity contribution in [3.8, 4) is 0 Å². The summed E-state index contributed by atoms with van der Waals surface area (Å²) in [5, 5.41) is 0. The molecule has 0 aromatic rings. The Labute approximate surface area is 62.9 Å². The fourth-order valence-electron chi connectivity index (χ4n) is 0.537. The number of halogens is 1. The third-order valence-corrected chi connectivity index (χ3v) is 0.985. The Morgan fingerprint density at radius 2 is 2.60 bits per heavy atom. The lowest BCUT2D eigenvalue weighted by molar-refractivity contribution is 0.201. The zero-order valence-electron chi connectivity index (χ0n) is 5.04. The highest BCUT2D eigenvalue weighted by Gasteiger charge is 2.01. The molecule has 3 nitrogen and oxygen atoms in total. The van der Waals surface area contributed by atoms with Crippen LogP contribution in [0.15, 0.2) is 24.2 Å². The summed E-state index contributed by atoms with van der Waals surface area (Å²) in [7, 11) is 0. The second kappa shape index (κ2) is 3.27. The SMILES string of the molecule is O=C(Cl)OC1=CCOC=C1. The second-order valence-electron chi connectivity index (χ2n) is 1.58. The van der Waals surface area contributed by atoms with Crippen molar-refractivity contribution >= 4 is 17.0 Å². The van der Waals surface area contributed by atoms with Crippen molar-refractivity contribution in [2.24, 2.45) is 0 Å². The third-order valence-electron chi connectivity index (χ3n) is 0.907. The zero-order chi connectivity index (χ0) is 7.40. The van der Waals surface area contributed by atoms with Crippen molar-refractivity contribution in [1.29, 1.82) is 0 Å². The van der Waals surface area contributed by atoms with Crippen LogP contribution in [-0.4, -0.2) is 12.0 Å². The normalized spacial score (nSPS) is 15.5. The Kier molecular flexibility index (Phi) is 2.34. The predicted octanol–water partition coefficient (Wildman–Crippen LogP) is 1.79. The quantitative estimate of drug-likeness (QED) is 0.549. The minimum atomic E-state index is -0.835. The summed E-state index contributed by atoms with van der Waals surface area (Å²) in [5.74, 6) is 0.422. The summed E-state index contributed by atoms with van der Waals surface area (Å²) in [4.78, 5) is 10.1. The molecule has 1 heterocycles. The van der Waals surface area contributed by atoms with Crippen LogP contribution in [-0.2, 0) is 9.47 Å². The van der Waals surface area contributed by atoms with E-state index in [9.17, 15) is 4.79 Å². The maximum absolute atomic E-state index is 10.1. The molecule has 0 aliphatic carbocycles. The van der Waals surface area contributed by atoms with Crippen molar-refractivity contribution < 1.29 is 14.3 Å². The van der Waals surface area contributed by atoms with Crippen LogP contribution in [0.4, 0.5) is 4.79 Å². The van der Waals surface area contributed by atoms with Crippen LogP contribution >= 0.6 is 11.6 Å². The van der Waals surface area contributed by atoms with Gasteiger partial charge in [0.2, 0.25) is 0 Å². The Morgan fingerprint density at radius 3 is 3.10 bits per heavy atom. The fourth-order valence-corrected chi connectivity index (χ4v) is 0.626. The minimum absolute atomic E-state index is 0.413. The van der Waals surface area contributed by atoms with Gasteiger partial charge in [-0.25, -0.2) is 4.79 Å². The highest BCUT2D eigenvalue weighted by molar-refractivity contribution is 6.61. The van der Waals surface area contributed by atoms with E-state index in [1.807, 2.05) is 0 Å². The molecule has 0 unspecified atom stereocenters. The Balaban J connectivity index is 2.48. The number of rotatable bonds is 1. The molecule has 54 valence electrons. The van der Waals surface area contributed by atoms with Gasteiger partial charge in [-0.15, -0.1) is 0 Å². The minimum Gasteiger partial charge on any atom is -0.497 e. The molecule has 0 atom stereocenters. The molecule has 0 radical (unpaired) electrons. The molecule has 10 heavy (non-hydrogen) atoms. The molecule has 4 heteroatoms. The van der Waals surface area contributed by atoms with Crippen LogP contribution in [0.1, 0.15) is 0 Å². The second-order valence-corrected chi connectivity index (χ2v) is 1.89. The number of hydrogen-bond acceptors (Lipinski definition) is 3. The van der Waals surface area contributed by atoms with Gasteiger partial charge in [-0.2, -0.15) is 0 Å². The monoisotopic (exact) mass is 160 g/mol. The van der Waals surface area contributed by atoms with E-state index in [0.717, 1.165) is 0 Å². The number of carbonyl (C=O) groups excluding carboxylic acids is 1. The molecule has 0 aromatic heterocycles. The van der Waals surface area contributed by atoms with Crippen LogP contribution in [0.5, 0.6) is 0 Å². The average molecular weight is 161 g/mol. The van der Waals surface area contributed by atoms with Gasteiger partial charge >= 0.3 is 5.43 Å². The zero-order valence-corrected chi connectivity index (χ0v) is 5.80. The van der Waals surface area contributed by atoms with E-state index >= 15 is 0 Å². The molecular formula is C6H5ClO3. The molecular weight excluding hydrogens is 156 g/mol. The first-order valence-electron chi connectivity index (χ1n) is 2.64. The van der Waals surface area contributed by atoms with Crippen LogP contribution in [0, 0.1) is 0 Å². The lowest BCUT2D eigenvalue weighted by Crippen LogP contribution is -1.98. The van der Waals surface area contributed by atoms with Gasteiger partial charge in [0.15, 0.2) is 0 Å². The van der Waals surface area contributed by atoms with E-state index < -0.39 is 5.43 Å². The summed E-state index contributed by atoms with van der Waals surface area (Å²) < 4.78 is 9.30. The summed E-state index contributed by atoms with van der Waals surface area (Å²) in [6.45, 7) is 0.413. The first-order chi connectivity index (χ1) is 4.79. The van der Waals surface area contributed by atoms with Crippen LogP contribution in [0.3, 0.4) is 0 Å². The number of allylic oxidation sites excluding steroid dienone is 1. The van der Waals surface area contributed by atoms with Gasteiger partial charge in [0, 0.05) is 17.7 Å². The van der Waals surface area contributed by atoms with E-state index in [0.29, 0.717) is 12.4 Å². The molecule has 1 rings (SSSR count). The molecule has 1 aliphatic rings. The standard InChI is InChI=1S/C6H5ClO3/c7-6(8)10-5-1-3-9-4-2-5/h1-3H,4H2. The van der Waals surface area contributed by atoms with Crippen molar-refractivity contribution in [1.82, 2.24) is 0 Å². The van der Waals surface area contributed by atoms with Gasteiger partial charge in [-0.3, -0.25) is 0 Å². The highest BCUT2D eigenvalue weighted by Crippen LogP contribution is 2.06. The van der Waals surface area contributed by atoms with Gasteiger partial charge in [0.05, 0.1) is 6.26 Å². The van der Waals surface area contributed by atoms with Crippen LogP contribution in [0.25, 0.3) is 0 Å². The van der Waals surface area contributed by atoms with Crippen LogP contribution < -0.4 is 0 Å². The van der Waals surface area contributed by atoms with Crippen molar-refractivity contribution in [3.05, 3.63) is 24.2 Å². The fraction of sp³-hybridized carbons (Fsp3) is 0.167. The Bertz CT molecular complexity index is 195. The molecule has 0 bridgehead atoms. The average Bonchev–Trinajstić information content (AvgIpc) is 1.88. The molecule has 1 aliphatic heterocycles. The van der Waals surface area contributed by atoms with Gasteiger partial charge in [0.25, 0.3) is 0 Å². The lowest BCUT2D eigenvalue weighted by Gasteiger charge is -2.05. The maximum Gasteiger partial charge on any atom is 0.409 e. The van der Waals surface area contributed by atoms with Gasteiger partial charge in [-0.05, 0) is 6.08 Å². The molecule has 0 saturated heterocycles. The van der Waals surface area contributed by atoms with Crippen LogP contribution in [0.2, 0.25) is 0 Å². The van der Waals surface area contributed by atoms with Crippen molar-refractivity contribution in [2.75, 3.05) is 6.61 Å². The predicted molar refractivity (Wildman–Crippen MR) is 35.5 cm³/mol. The van der Waals surface area contributed by atoms with Crippen molar-refractivity contribution in [2.45, 2.75) is 0 Å². The number of hydrogen-bond donors (Lipinski definition) is 0. The van der Waals surface area contributed by atoms with Gasteiger partial charge < -0.3 is 9.47 Å². The maximum atomic E-state index is 10.1. The van der Waals surface area contributed by atoms with E-state index in [-0.39, 0.29) is 0 Å². The Morgan fingerprint density at radius 1 is 1.80 bits per heavy atom. The molecule has 0 aromatic carbocycles. The Hall–Kier alpha value is -0.960. The van der Waals surface area contributed by atoms with Gasteiger partial charge in [0.1, 0.15) is 12.4 Å². The first kappa shape index (κ1) is 7.15. The first-order valence-corrected chi connectivity index (χ1v) is 3.02. The van der Waals surface area contributed by atoms with E-state index in [2.05, 4.69) is 4.74 Å². The lowest BCUT2D eigenvalue weighted by atomic mass is 10.4. The van der Waals surface area contributed by atoms with Crippen molar-refractivity contribution in [3.63, 3.8) is 0 Å². The molecule has 0 N–H and O–H groups in total. The topological polar surface area (TPSA) is 35.5 Å². The van der Waals surface area contributed by atoms with E-state index in [1.165, 1.54) is 12.3 Å². The van der Waals surface area contributed by atoms with E-state index in [1.54, 1.807) is 6.08 Å².